The monoisotopic (exact) mass is 384 g/mol. The first-order chi connectivity index (χ1) is 13.0. The van der Waals surface area contributed by atoms with Crippen molar-refractivity contribution in [1.29, 1.82) is 0 Å². The zero-order valence-corrected chi connectivity index (χ0v) is 15.5. The first-order valence-electron chi connectivity index (χ1n) is 8.62. The maximum Gasteiger partial charge on any atom is 0.284 e. The van der Waals surface area contributed by atoms with E-state index < -0.39 is 5.24 Å². The van der Waals surface area contributed by atoms with Crippen LogP contribution in [0, 0.1) is 0 Å². The zero-order valence-electron chi connectivity index (χ0n) is 14.7. The molecule has 1 unspecified atom stereocenters. The summed E-state index contributed by atoms with van der Waals surface area (Å²) in [6.07, 6.45) is 1.15. The number of thioether (sulfide) groups is 1. The van der Waals surface area contributed by atoms with Crippen molar-refractivity contribution < 1.29 is 19.1 Å². The molecule has 1 heterocycles. The van der Waals surface area contributed by atoms with Crippen LogP contribution >= 0.6 is 11.8 Å². The van der Waals surface area contributed by atoms with Crippen molar-refractivity contribution in [3.8, 4) is 11.5 Å². The average molecular weight is 384 g/mol. The van der Waals surface area contributed by atoms with Gasteiger partial charge < -0.3 is 15.4 Å². The zero-order chi connectivity index (χ0) is 19.2. The van der Waals surface area contributed by atoms with Gasteiger partial charge in [-0.3, -0.25) is 14.4 Å². The number of para-hydroxylation sites is 1. The lowest BCUT2D eigenvalue weighted by Crippen LogP contribution is -2.33. The second-order valence-corrected chi connectivity index (χ2v) is 7.33. The number of amides is 2. The maximum absolute atomic E-state index is 12.2. The molecule has 27 heavy (non-hydrogen) atoms. The van der Waals surface area contributed by atoms with Crippen molar-refractivity contribution in [1.82, 2.24) is 4.90 Å². The third-order valence-corrected chi connectivity index (χ3v) is 4.92. The highest BCUT2D eigenvalue weighted by molar-refractivity contribution is 8.26. The van der Waals surface area contributed by atoms with Crippen molar-refractivity contribution in [3.05, 3.63) is 60.2 Å². The summed E-state index contributed by atoms with van der Waals surface area (Å²) in [6.45, 7) is 0.420. The van der Waals surface area contributed by atoms with Crippen LogP contribution in [0.25, 0.3) is 0 Å². The van der Waals surface area contributed by atoms with E-state index in [1.807, 2.05) is 54.6 Å². The van der Waals surface area contributed by atoms with Gasteiger partial charge in [-0.2, -0.15) is 0 Å². The van der Waals surface area contributed by atoms with E-state index >= 15 is 0 Å². The number of likely N-dealkylation sites (tertiary alicyclic amines) is 1. The number of hydrogen-bond donors (Lipinski definition) is 1. The van der Waals surface area contributed by atoms with Gasteiger partial charge in [0.25, 0.3) is 5.24 Å². The largest absolute Gasteiger partial charge is 0.457 e. The number of ether oxygens (including phenoxy) is 1. The van der Waals surface area contributed by atoms with E-state index in [0.29, 0.717) is 36.9 Å². The van der Waals surface area contributed by atoms with Crippen molar-refractivity contribution in [2.75, 3.05) is 0 Å². The third-order valence-electron chi connectivity index (χ3n) is 4.32. The van der Waals surface area contributed by atoms with Gasteiger partial charge in [0.15, 0.2) is 5.12 Å². The van der Waals surface area contributed by atoms with Crippen LogP contribution in [0.1, 0.15) is 24.8 Å². The third kappa shape index (κ3) is 5.34. The summed E-state index contributed by atoms with van der Waals surface area (Å²) >= 11 is 0.499. The molecule has 1 aliphatic rings. The Balaban J connectivity index is 1.61. The number of benzene rings is 2. The topological polar surface area (TPSA) is 89.7 Å². The number of nitrogens with zero attached hydrogens (tertiary/aromatic N) is 1. The van der Waals surface area contributed by atoms with Gasteiger partial charge in [-0.05, 0) is 36.2 Å². The summed E-state index contributed by atoms with van der Waals surface area (Å²) in [7, 11) is 0. The average Bonchev–Trinajstić information content (AvgIpc) is 2.97. The molecule has 2 aromatic rings. The number of carbonyl (C=O) groups excluding carboxylic acids is 3. The Morgan fingerprint density at radius 1 is 1.07 bits per heavy atom. The summed E-state index contributed by atoms with van der Waals surface area (Å²) in [5, 5.41) is -1.02. The van der Waals surface area contributed by atoms with Gasteiger partial charge in [-0.15, -0.1) is 0 Å². The molecule has 140 valence electrons. The second kappa shape index (κ2) is 8.73. The molecule has 0 radical (unpaired) electrons. The fraction of sp³-hybridized carbons (Fsp3) is 0.250. The predicted octanol–water partition coefficient (Wildman–Crippen LogP) is 3.70. The van der Waals surface area contributed by atoms with Crippen LogP contribution < -0.4 is 10.5 Å². The first kappa shape index (κ1) is 19.0. The van der Waals surface area contributed by atoms with Gasteiger partial charge in [-0.1, -0.05) is 30.3 Å². The lowest BCUT2D eigenvalue weighted by atomic mass is 10.1. The fourth-order valence-corrected chi connectivity index (χ4v) is 3.55. The normalized spacial score (nSPS) is 16.4. The smallest absolute Gasteiger partial charge is 0.284 e. The molecule has 0 spiro atoms. The van der Waals surface area contributed by atoms with Gasteiger partial charge in [0.1, 0.15) is 11.5 Å². The fourth-order valence-electron chi connectivity index (χ4n) is 3.05. The van der Waals surface area contributed by atoms with Gasteiger partial charge in [0.05, 0.1) is 0 Å². The molecule has 1 fully saturated rings. The second-order valence-electron chi connectivity index (χ2n) is 6.27. The van der Waals surface area contributed by atoms with E-state index in [9.17, 15) is 14.4 Å². The number of rotatable bonds is 6. The van der Waals surface area contributed by atoms with Gasteiger partial charge in [0.2, 0.25) is 5.91 Å². The number of hydrogen-bond acceptors (Lipinski definition) is 5. The molecule has 0 aliphatic carbocycles. The van der Waals surface area contributed by atoms with E-state index in [2.05, 4.69) is 0 Å². The molecule has 1 saturated heterocycles. The molecule has 0 aromatic heterocycles. The molecular weight excluding hydrogens is 364 g/mol. The molecular formula is C20H20N2O4S. The van der Waals surface area contributed by atoms with E-state index in [4.69, 9.17) is 10.5 Å². The van der Waals surface area contributed by atoms with Crippen LogP contribution in [0.4, 0.5) is 4.79 Å². The van der Waals surface area contributed by atoms with Crippen molar-refractivity contribution in [2.24, 2.45) is 5.73 Å². The molecule has 0 saturated carbocycles. The van der Waals surface area contributed by atoms with Crippen LogP contribution in [-0.2, 0) is 16.1 Å². The molecule has 1 aliphatic heterocycles. The van der Waals surface area contributed by atoms with Gasteiger partial charge in [0, 0.05) is 37.2 Å². The van der Waals surface area contributed by atoms with E-state index in [1.54, 1.807) is 4.90 Å². The lowest BCUT2D eigenvalue weighted by molar-refractivity contribution is -0.129. The van der Waals surface area contributed by atoms with E-state index in [-0.39, 0.29) is 23.5 Å². The summed E-state index contributed by atoms with van der Waals surface area (Å²) in [5.74, 6) is 1.48. The molecule has 0 bridgehead atoms. The van der Waals surface area contributed by atoms with E-state index in [0.717, 1.165) is 11.3 Å². The molecule has 3 rings (SSSR count). The van der Waals surface area contributed by atoms with Crippen LogP contribution in [0.3, 0.4) is 0 Å². The standard InChI is InChI=1S/C20H20N2O4S/c21-20(25)27-19(24)12-15-8-11-18(23)22(15)13-14-6-9-17(10-7-14)26-16-4-2-1-3-5-16/h1-7,9-10,15H,8,11-13H2,(H2,21,25). The molecule has 6 nitrogen and oxygen atoms in total. The Morgan fingerprint density at radius 2 is 1.74 bits per heavy atom. The Labute approximate surface area is 161 Å². The minimum Gasteiger partial charge on any atom is -0.457 e. The van der Waals surface area contributed by atoms with Gasteiger partial charge >= 0.3 is 0 Å². The molecule has 2 N–H and O–H groups in total. The van der Waals surface area contributed by atoms with Crippen LogP contribution in [-0.4, -0.2) is 27.2 Å². The Hall–Kier alpha value is -2.80. The molecule has 2 amide bonds. The number of carbonyl (C=O) groups is 3. The summed E-state index contributed by atoms with van der Waals surface area (Å²) < 4.78 is 5.76. The highest BCUT2D eigenvalue weighted by atomic mass is 32.2. The predicted molar refractivity (Wildman–Crippen MR) is 103 cm³/mol. The highest BCUT2D eigenvalue weighted by Crippen LogP contribution is 2.27. The summed E-state index contributed by atoms with van der Waals surface area (Å²) in [5.41, 5.74) is 5.98. The van der Waals surface area contributed by atoms with Gasteiger partial charge in [-0.25, -0.2) is 0 Å². The molecule has 1 atom stereocenters. The minimum atomic E-state index is -0.718. The highest BCUT2D eigenvalue weighted by Gasteiger charge is 2.32. The Morgan fingerprint density at radius 3 is 2.41 bits per heavy atom. The van der Waals surface area contributed by atoms with Crippen LogP contribution in [0.5, 0.6) is 11.5 Å². The summed E-state index contributed by atoms with van der Waals surface area (Å²) in [6, 6.07) is 16.8. The van der Waals surface area contributed by atoms with Crippen molar-refractivity contribution in [3.63, 3.8) is 0 Å². The van der Waals surface area contributed by atoms with Crippen LogP contribution in [0.15, 0.2) is 54.6 Å². The Kier molecular flexibility index (Phi) is 6.13. The van der Waals surface area contributed by atoms with Crippen LogP contribution in [0.2, 0.25) is 0 Å². The van der Waals surface area contributed by atoms with Crippen molar-refractivity contribution >= 4 is 28.0 Å². The maximum atomic E-state index is 12.2. The lowest BCUT2D eigenvalue weighted by Gasteiger charge is -2.24. The van der Waals surface area contributed by atoms with E-state index in [1.165, 1.54) is 0 Å². The molecule has 2 aromatic carbocycles. The Bertz CT molecular complexity index is 824. The quantitative estimate of drug-likeness (QED) is 0.820. The SMILES string of the molecule is NC(=O)SC(=O)CC1CCC(=O)N1Cc1ccc(Oc2ccccc2)cc1. The first-order valence-corrected chi connectivity index (χ1v) is 9.44. The number of nitrogens with two attached hydrogens (primary N) is 1. The minimum absolute atomic E-state index is 0.0153. The molecule has 7 heteroatoms. The summed E-state index contributed by atoms with van der Waals surface area (Å²) in [4.78, 5) is 36.6. The van der Waals surface area contributed by atoms with Crippen molar-refractivity contribution in [2.45, 2.75) is 31.8 Å². The number of primary amides is 1.